The summed E-state index contributed by atoms with van der Waals surface area (Å²) in [6.45, 7) is 4.08. The van der Waals surface area contributed by atoms with E-state index in [0.717, 1.165) is 31.4 Å². The average molecular weight is 204 g/mol. The quantitative estimate of drug-likeness (QED) is 0.648. The Kier molecular flexibility index (Phi) is 8.56. The van der Waals surface area contributed by atoms with Crippen molar-refractivity contribution >= 4 is 16.9 Å². The number of aliphatic hydroxyl groups is 1. The van der Waals surface area contributed by atoms with Crippen molar-refractivity contribution < 1.29 is 9.90 Å². The zero-order valence-corrected chi connectivity index (χ0v) is 9.40. The van der Waals surface area contributed by atoms with E-state index >= 15 is 0 Å². The molecule has 0 aromatic rings. The molecule has 0 aliphatic rings. The first-order valence-corrected chi connectivity index (χ1v) is 6.02. The zero-order chi connectivity index (χ0) is 10.1. The van der Waals surface area contributed by atoms with Crippen molar-refractivity contribution in [3.05, 3.63) is 0 Å². The van der Waals surface area contributed by atoms with Crippen LogP contribution in [0.4, 0.5) is 0 Å². The molecule has 3 heteroatoms. The normalized spacial score (nSPS) is 12.8. The monoisotopic (exact) mass is 204 g/mol. The highest BCUT2D eigenvalue weighted by Gasteiger charge is 2.09. The Morgan fingerprint density at radius 3 is 2.62 bits per heavy atom. The van der Waals surface area contributed by atoms with E-state index in [1.54, 1.807) is 0 Å². The van der Waals surface area contributed by atoms with Crippen LogP contribution in [0.25, 0.3) is 0 Å². The van der Waals surface area contributed by atoms with Gasteiger partial charge in [0.2, 0.25) is 0 Å². The number of carbonyl (C=O) groups excluding carboxylic acids is 1. The summed E-state index contributed by atoms with van der Waals surface area (Å²) in [7, 11) is 0. The van der Waals surface area contributed by atoms with Gasteiger partial charge in [0, 0.05) is 6.42 Å². The van der Waals surface area contributed by atoms with Crippen LogP contribution in [0.15, 0.2) is 0 Å². The Balaban J connectivity index is 3.38. The molecule has 13 heavy (non-hydrogen) atoms. The van der Waals surface area contributed by atoms with Crippen LogP contribution in [0.2, 0.25) is 0 Å². The molecule has 0 saturated heterocycles. The lowest BCUT2D eigenvalue weighted by molar-refractivity contribution is -0.112. The predicted octanol–water partition coefficient (Wildman–Crippen LogP) is 2.60. The molecular weight excluding hydrogens is 184 g/mol. The van der Waals surface area contributed by atoms with Crippen LogP contribution in [0, 0.1) is 0 Å². The number of aliphatic hydroxyl groups excluding tert-OH is 1. The largest absolute Gasteiger partial charge is 0.393 e. The SMILES string of the molecule is CCCCC[C@H](O)CC(=O)SCC. The molecule has 1 atom stereocenters. The number of hydrogen-bond donors (Lipinski definition) is 1. The molecule has 0 spiro atoms. The molecule has 0 unspecified atom stereocenters. The van der Waals surface area contributed by atoms with Crippen LogP contribution >= 0.6 is 11.8 Å². The van der Waals surface area contributed by atoms with Gasteiger partial charge in [0.05, 0.1) is 6.10 Å². The lowest BCUT2D eigenvalue weighted by Gasteiger charge is -2.07. The molecule has 2 nitrogen and oxygen atoms in total. The highest BCUT2D eigenvalue weighted by atomic mass is 32.2. The molecule has 0 fully saturated rings. The molecule has 0 aliphatic carbocycles. The fraction of sp³-hybridized carbons (Fsp3) is 0.900. The van der Waals surface area contributed by atoms with Gasteiger partial charge in [-0.05, 0) is 12.2 Å². The second-order valence-corrected chi connectivity index (χ2v) is 4.48. The standard InChI is InChI=1S/C10H20O2S/c1-3-5-6-7-9(11)8-10(12)13-4-2/h9,11H,3-8H2,1-2H3/t9-/m0/s1. The van der Waals surface area contributed by atoms with Crippen LogP contribution in [0.1, 0.15) is 46.0 Å². The highest BCUT2D eigenvalue weighted by molar-refractivity contribution is 8.13. The van der Waals surface area contributed by atoms with Gasteiger partial charge in [-0.3, -0.25) is 4.79 Å². The summed E-state index contributed by atoms with van der Waals surface area (Å²) in [4.78, 5) is 11.1. The lowest BCUT2D eigenvalue weighted by atomic mass is 10.1. The van der Waals surface area contributed by atoms with Gasteiger partial charge < -0.3 is 5.11 Å². The van der Waals surface area contributed by atoms with Gasteiger partial charge in [-0.25, -0.2) is 0 Å². The van der Waals surface area contributed by atoms with Crippen LogP contribution in [0.5, 0.6) is 0 Å². The second kappa shape index (κ2) is 8.57. The number of thioether (sulfide) groups is 1. The van der Waals surface area contributed by atoms with E-state index in [2.05, 4.69) is 6.92 Å². The maximum absolute atomic E-state index is 11.1. The van der Waals surface area contributed by atoms with Gasteiger partial charge in [-0.1, -0.05) is 44.9 Å². The van der Waals surface area contributed by atoms with Crippen molar-refractivity contribution in [1.29, 1.82) is 0 Å². The zero-order valence-electron chi connectivity index (χ0n) is 8.58. The molecule has 0 amide bonds. The maximum Gasteiger partial charge on any atom is 0.191 e. The van der Waals surface area contributed by atoms with Crippen LogP contribution in [-0.2, 0) is 4.79 Å². The molecule has 78 valence electrons. The molecule has 1 N–H and O–H groups in total. The van der Waals surface area contributed by atoms with Crippen LogP contribution in [0.3, 0.4) is 0 Å². The topological polar surface area (TPSA) is 37.3 Å². The van der Waals surface area contributed by atoms with Gasteiger partial charge in [-0.15, -0.1) is 0 Å². The first kappa shape index (κ1) is 13.0. The number of rotatable bonds is 7. The number of unbranched alkanes of at least 4 members (excludes halogenated alkanes) is 2. The van der Waals surface area contributed by atoms with Gasteiger partial charge in [0.15, 0.2) is 5.12 Å². The van der Waals surface area contributed by atoms with E-state index in [1.807, 2.05) is 6.92 Å². The van der Waals surface area contributed by atoms with Crippen LogP contribution < -0.4 is 0 Å². The van der Waals surface area contributed by atoms with Crippen molar-refractivity contribution in [3.8, 4) is 0 Å². The van der Waals surface area contributed by atoms with E-state index in [9.17, 15) is 9.90 Å². The lowest BCUT2D eigenvalue weighted by Crippen LogP contribution is -2.11. The minimum absolute atomic E-state index is 0.117. The molecule has 0 rings (SSSR count). The molecular formula is C10H20O2S. The highest BCUT2D eigenvalue weighted by Crippen LogP contribution is 2.11. The first-order valence-electron chi connectivity index (χ1n) is 5.04. The molecule has 0 heterocycles. The Hall–Kier alpha value is -0.0200. The summed E-state index contributed by atoms with van der Waals surface area (Å²) >= 11 is 1.30. The summed E-state index contributed by atoms with van der Waals surface area (Å²) in [5, 5.41) is 9.56. The Morgan fingerprint density at radius 1 is 1.38 bits per heavy atom. The predicted molar refractivity (Wildman–Crippen MR) is 57.9 cm³/mol. The van der Waals surface area contributed by atoms with Crippen molar-refractivity contribution in [2.75, 3.05) is 5.75 Å². The Labute approximate surface area is 85.1 Å². The van der Waals surface area contributed by atoms with Crippen LogP contribution in [-0.4, -0.2) is 22.1 Å². The van der Waals surface area contributed by atoms with E-state index in [4.69, 9.17) is 0 Å². The number of carbonyl (C=O) groups is 1. The Morgan fingerprint density at radius 2 is 2.08 bits per heavy atom. The number of hydrogen-bond acceptors (Lipinski definition) is 3. The second-order valence-electron chi connectivity index (χ2n) is 3.16. The summed E-state index contributed by atoms with van der Waals surface area (Å²) in [6, 6.07) is 0. The molecule has 0 aromatic carbocycles. The van der Waals surface area contributed by atoms with Gasteiger partial charge in [-0.2, -0.15) is 0 Å². The minimum Gasteiger partial charge on any atom is -0.393 e. The maximum atomic E-state index is 11.1. The third kappa shape index (κ3) is 8.31. The summed E-state index contributed by atoms with van der Waals surface area (Å²) in [5.41, 5.74) is 0. The third-order valence-corrected chi connectivity index (χ3v) is 2.63. The fourth-order valence-electron chi connectivity index (χ4n) is 1.14. The third-order valence-electron chi connectivity index (χ3n) is 1.85. The van der Waals surface area contributed by atoms with Gasteiger partial charge in [0.1, 0.15) is 0 Å². The molecule has 0 aliphatic heterocycles. The smallest absolute Gasteiger partial charge is 0.191 e. The van der Waals surface area contributed by atoms with Crippen molar-refractivity contribution in [1.82, 2.24) is 0 Å². The van der Waals surface area contributed by atoms with E-state index < -0.39 is 6.10 Å². The van der Waals surface area contributed by atoms with Crippen molar-refractivity contribution in [2.24, 2.45) is 0 Å². The van der Waals surface area contributed by atoms with Crippen molar-refractivity contribution in [2.45, 2.75) is 52.1 Å². The molecule has 0 saturated carbocycles. The summed E-state index contributed by atoms with van der Waals surface area (Å²) in [5.74, 6) is 0.806. The summed E-state index contributed by atoms with van der Waals surface area (Å²) in [6.07, 6.45) is 4.00. The Bertz CT molecular complexity index is 137. The average Bonchev–Trinajstić information content (AvgIpc) is 2.05. The van der Waals surface area contributed by atoms with E-state index in [1.165, 1.54) is 11.8 Å². The summed E-state index contributed by atoms with van der Waals surface area (Å²) < 4.78 is 0. The van der Waals surface area contributed by atoms with E-state index in [0.29, 0.717) is 6.42 Å². The molecule has 0 aromatic heterocycles. The van der Waals surface area contributed by atoms with Crippen molar-refractivity contribution in [3.63, 3.8) is 0 Å². The first-order chi connectivity index (χ1) is 6.20. The van der Waals surface area contributed by atoms with Gasteiger partial charge >= 0.3 is 0 Å². The fourth-order valence-corrected chi connectivity index (χ4v) is 1.78. The minimum atomic E-state index is -0.418. The molecule has 0 bridgehead atoms. The van der Waals surface area contributed by atoms with E-state index in [-0.39, 0.29) is 5.12 Å². The van der Waals surface area contributed by atoms with Gasteiger partial charge in [0.25, 0.3) is 0 Å². The molecule has 0 radical (unpaired) electrons.